The number of methoxy groups -OCH3 is 1. The van der Waals surface area contributed by atoms with Crippen molar-refractivity contribution in [1.82, 2.24) is 15.5 Å². The maximum Gasteiger partial charge on any atom is 0.271 e. The Bertz CT molecular complexity index is 674. The summed E-state index contributed by atoms with van der Waals surface area (Å²) in [7, 11) is 1.56. The molecule has 0 spiro atoms. The lowest BCUT2D eigenvalue weighted by Gasteiger charge is -2.09. The number of aromatic nitrogens is 2. The van der Waals surface area contributed by atoms with Crippen molar-refractivity contribution in [1.29, 1.82) is 0 Å². The summed E-state index contributed by atoms with van der Waals surface area (Å²) in [6.45, 7) is 4.66. The molecule has 0 aliphatic heterocycles. The molecule has 6 nitrogen and oxygen atoms in total. The molecule has 1 heterocycles. The number of nitrogens with one attached hydrogen (secondary N) is 2. The highest BCUT2D eigenvalue weighted by molar-refractivity contribution is 6.32. The Morgan fingerprint density at radius 3 is 2.61 bits per heavy atom. The molecule has 0 bridgehead atoms. The van der Waals surface area contributed by atoms with E-state index in [2.05, 4.69) is 20.8 Å². The van der Waals surface area contributed by atoms with Crippen molar-refractivity contribution in [3.05, 3.63) is 41.0 Å². The van der Waals surface area contributed by atoms with E-state index in [4.69, 9.17) is 16.3 Å². The topological polar surface area (TPSA) is 76.1 Å². The molecule has 0 fully saturated rings. The van der Waals surface area contributed by atoms with Gasteiger partial charge in [-0.05, 0) is 36.2 Å². The Kier molecular flexibility index (Phi) is 5.76. The highest BCUT2D eigenvalue weighted by Crippen LogP contribution is 2.28. The van der Waals surface area contributed by atoms with Crippen LogP contribution >= 0.6 is 11.6 Å². The zero-order valence-corrected chi connectivity index (χ0v) is 14.0. The summed E-state index contributed by atoms with van der Waals surface area (Å²) in [5.41, 5.74) is 1.03. The van der Waals surface area contributed by atoms with Crippen molar-refractivity contribution in [2.75, 3.05) is 19.0 Å². The molecule has 0 radical (unpaired) electrons. The van der Waals surface area contributed by atoms with Crippen LogP contribution in [0.1, 0.15) is 24.3 Å². The molecular formula is C16H19ClN4O2. The molecule has 0 saturated carbocycles. The third-order valence-corrected chi connectivity index (χ3v) is 3.29. The van der Waals surface area contributed by atoms with E-state index in [1.807, 2.05) is 19.9 Å². The van der Waals surface area contributed by atoms with Crippen molar-refractivity contribution in [2.45, 2.75) is 13.8 Å². The van der Waals surface area contributed by atoms with Crippen LogP contribution in [-0.2, 0) is 0 Å². The van der Waals surface area contributed by atoms with E-state index < -0.39 is 0 Å². The quantitative estimate of drug-likeness (QED) is 0.848. The number of carbonyl (C=O) groups excluding carboxylic acids is 1. The minimum Gasteiger partial charge on any atom is -0.495 e. The summed E-state index contributed by atoms with van der Waals surface area (Å²) >= 11 is 6.07. The molecule has 122 valence electrons. The number of halogens is 1. The Balaban J connectivity index is 2.02. The van der Waals surface area contributed by atoms with Crippen LogP contribution < -0.4 is 15.4 Å². The molecule has 7 heteroatoms. The maximum atomic E-state index is 11.9. The average molecular weight is 335 g/mol. The first-order valence-corrected chi connectivity index (χ1v) is 7.60. The van der Waals surface area contributed by atoms with E-state index in [-0.39, 0.29) is 11.6 Å². The van der Waals surface area contributed by atoms with Crippen molar-refractivity contribution >= 4 is 29.0 Å². The van der Waals surface area contributed by atoms with Crippen LogP contribution in [-0.4, -0.2) is 29.8 Å². The predicted octanol–water partition coefficient (Wildman–Crippen LogP) is 3.27. The first-order chi connectivity index (χ1) is 11.0. The molecule has 1 amide bonds. The predicted molar refractivity (Wildman–Crippen MR) is 90.5 cm³/mol. The van der Waals surface area contributed by atoms with E-state index in [0.29, 0.717) is 29.1 Å². The van der Waals surface area contributed by atoms with Crippen LogP contribution in [0.5, 0.6) is 5.75 Å². The second-order valence-electron chi connectivity index (χ2n) is 5.38. The van der Waals surface area contributed by atoms with E-state index in [1.165, 1.54) is 0 Å². The van der Waals surface area contributed by atoms with E-state index >= 15 is 0 Å². The minimum atomic E-state index is -0.231. The standard InChI is InChI=1S/C16H19ClN4O2/c1-10(2)9-18-16(22)13-5-7-15(21-20-13)19-11-4-6-14(23-3)12(17)8-11/h4-8,10H,9H2,1-3H3,(H,18,22)(H,19,21). The lowest BCUT2D eigenvalue weighted by molar-refractivity contribution is 0.0943. The lowest BCUT2D eigenvalue weighted by atomic mass is 10.2. The van der Waals surface area contributed by atoms with Crippen molar-refractivity contribution in [3.8, 4) is 5.75 Å². The van der Waals surface area contributed by atoms with Gasteiger partial charge in [0.2, 0.25) is 0 Å². The van der Waals surface area contributed by atoms with Gasteiger partial charge in [-0.3, -0.25) is 4.79 Å². The SMILES string of the molecule is COc1ccc(Nc2ccc(C(=O)NCC(C)C)nn2)cc1Cl. The monoisotopic (exact) mass is 334 g/mol. The summed E-state index contributed by atoms with van der Waals surface area (Å²) in [6, 6.07) is 8.61. The first-order valence-electron chi connectivity index (χ1n) is 7.22. The van der Waals surface area contributed by atoms with Gasteiger partial charge in [-0.25, -0.2) is 0 Å². The summed E-state index contributed by atoms with van der Waals surface area (Å²) in [5, 5.41) is 14.3. The van der Waals surface area contributed by atoms with Gasteiger partial charge in [-0.1, -0.05) is 25.4 Å². The number of anilines is 2. The first kappa shape index (κ1) is 17.0. The van der Waals surface area contributed by atoms with Crippen molar-refractivity contribution < 1.29 is 9.53 Å². The molecule has 0 saturated heterocycles. The second kappa shape index (κ2) is 7.78. The fourth-order valence-electron chi connectivity index (χ4n) is 1.80. The number of carbonyl (C=O) groups is 1. The smallest absolute Gasteiger partial charge is 0.271 e. The second-order valence-corrected chi connectivity index (χ2v) is 5.79. The van der Waals surface area contributed by atoms with Crippen LogP contribution in [0.3, 0.4) is 0 Å². The van der Waals surface area contributed by atoms with Crippen LogP contribution in [0, 0.1) is 5.92 Å². The average Bonchev–Trinajstić information content (AvgIpc) is 2.53. The van der Waals surface area contributed by atoms with Crippen LogP contribution in [0.2, 0.25) is 5.02 Å². The number of hydrogen-bond donors (Lipinski definition) is 2. The van der Waals surface area contributed by atoms with Crippen LogP contribution in [0.25, 0.3) is 0 Å². The molecule has 1 aromatic heterocycles. The Labute approximate surface area is 140 Å². The van der Waals surface area contributed by atoms with Gasteiger partial charge in [-0.15, -0.1) is 10.2 Å². The zero-order chi connectivity index (χ0) is 16.8. The van der Waals surface area contributed by atoms with E-state index in [1.54, 1.807) is 31.4 Å². The number of nitrogens with zero attached hydrogens (tertiary/aromatic N) is 2. The fourth-order valence-corrected chi connectivity index (χ4v) is 2.06. The Morgan fingerprint density at radius 1 is 1.26 bits per heavy atom. The normalized spacial score (nSPS) is 10.5. The van der Waals surface area contributed by atoms with Crippen LogP contribution in [0.15, 0.2) is 30.3 Å². The van der Waals surface area contributed by atoms with Gasteiger partial charge in [0.1, 0.15) is 5.75 Å². The summed E-state index contributed by atoms with van der Waals surface area (Å²) < 4.78 is 5.10. The van der Waals surface area contributed by atoms with Gasteiger partial charge in [0, 0.05) is 12.2 Å². The zero-order valence-electron chi connectivity index (χ0n) is 13.3. The molecule has 2 rings (SSSR count). The molecule has 2 aromatic rings. The molecular weight excluding hydrogens is 316 g/mol. The van der Waals surface area contributed by atoms with Gasteiger partial charge in [0.05, 0.1) is 12.1 Å². The Morgan fingerprint density at radius 2 is 2.04 bits per heavy atom. The van der Waals surface area contributed by atoms with Gasteiger partial charge in [0.25, 0.3) is 5.91 Å². The number of ether oxygens (including phenoxy) is 1. The largest absolute Gasteiger partial charge is 0.495 e. The Hall–Kier alpha value is -2.34. The molecule has 2 N–H and O–H groups in total. The molecule has 0 atom stereocenters. The number of amides is 1. The van der Waals surface area contributed by atoms with Crippen molar-refractivity contribution in [3.63, 3.8) is 0 Å². The summed E-state index contributed by atoms with van der Waals surface area (Å²) in [6.07, 6.45) is 0. The molecule has 0 aliphatic rings. The highest BCUT2D eigenvalue weighted by Gasteiger charge is 2.09. The van der Waals surface area contributed by atoms with Gasteiger partial charge in [-0.2, -0.15) is 0 Å². The third-order valence-electron chi connectivity index (χ3n) is 2.99. The third kappa shape index (κ3) is 4.82. The van der Waals surface area contributed by atoms with E-state index in [9.17, 15) is 4.79 Å². The minimum absolute atomic E-state index is 0.231. The number of rotatable bonds is 6. The highest BCUT2D eigenvalue weighted by atomic mass is 35.5. The van der Waals surface area contributed by atoms with Crippen molar-refractivity contribution in [2.24, 2.45) is 5.92 Å². The van der Waals surface area contributed by atoms with Gasteiger partial charge >= 0.3 is 0 Å². The summed E-state index contributed by atoms with van der Waals surface area (Å²) in [5.74, 6) is 1.27. The molecule has 0 aliphatic carbocycles. The number of benzene rings is 1. The number of hydrogen-bond acceptors (Lipinski definition) is 5. The molecule has 23 heavy (non-hydrogen) atoms. The lowest BCUT2D eigenvalue weighted by Crippen LogP contribution is -2.28. The summed E-state index contributed by atoms with van der Waals surface area (Å²) in [4.78, 5) is 11.9. The molecule has 0 unspecified atom stereocenters. The maximum absolute atomic E-state index is 11.9. The van der Waals surface area contributed by atoms with Crippen LogP contribution in [0.4, 0.5) is 11.5 Å². The molecule has 1 aromatic carbocycles. The van der Waals surface area contributed by atoms with Gasteiger partial charge < -0.3 is 15.4 Å². The van der Waals surface area contributed by atoms with E-state index in [0.717, 1.165) is 5.69 Å². The fraction of sp³-hybridized carbons (Fsp3) is 0.312. The van der Waals surface area contributed by atoms with Gasteiger partial charge in [0.15, 0.2) is 11.5 Å².